The molecule has 0 aromatic heterocycles. The molecule has 0 bridgehead atoms. The van der Waals surface area contributed by atoms with Crippen molar-refractivity contribution in [2.24, 2.45) is 0 Å². The Morgan fingerprint density at radius 3 is 2.46 bits per heavy atom. The van der Waals surface area contributed by atoms with Gasteiger partial charge in [-0.3, -0.25) is 0 Å². The van der Waals surface area contributed by atoms with E-state index in [1.807, 2.05) is 52.0 Å². The monoisotopic (exact) mass is 548 g/mol. The fourth-order valence-corrected chi connectivity index (χ4v) is 5.07. The van der Waals surface area contributed by atoms with Gasteiger partial charge in [0, 0.05) is 11.6 Å². The lowest BCUT2D eigenvalue weighted by Gasteiger charge is -2.29. The maximum atomic E-state index is 13.2. The third-order valence-corrected chi connectivity index (χ3v) is 7.63. The van der Waals surface area contributed by atoms with Crippen LogP contribution in [0.25, 0.3) is 11.6 Å². The fourth-order valence-electron chi connectivity index (χ4n) is 4.13. The van der Waals surface area contributed by atoms with Gasteiger partial charge in [0.05, 0.1) is 12.2 Å². The summed E-state index contributed by atoms with van der Waals surface area (Å²) in [5.41, 5.74) is 3.44. The summed E-state index contributed by atoms with van der Waals surface area (Å²) >= 11 is 0. The zero-order valence-corrected chi connectivity index (χ0v) is 24.1. The standard InChI is InChI=1S/C32H36O6S/c1-7-8-19-35-25-12-15-27(30(20-25)38-39(33,34)26-13-9-22(2)10-14-26)24(4)21-36-31-23(3)11-16-29-28(31)17-18-32(5,6)37-29/h9-18,20H,4,7-8,19,21H2,1-3,5-6H3. The van der Waals surface area contributed by atoms with Gasteiger partial charge in [0.2, 0.25) is 0 Å². The number of unbranched alkanes of at least 4 members (excludes halogenated alkanes) is 1. The number of rotatable bonds is 11. The van der Waals surface area contributed by atoms with Crippen LogP contribution in [0.4, 0.5) is 0 Å². The molecule has 0 fully saturated rings. The van der Waals surface area contributed by atoms with Crippen molar-refractivity contribution in [1.82, 2.24) is 0 Å². The first-order chi connectivity index (χ1) is 18.5. The molecule has 0 N–H and O–H groups in total. The molecule has 4 rings (SSSR count). The molecule has 0 atom stereocenters. The van der Waals surface area contributed by atoms with Gasteiger partial charge < -0.3 is 18.4 Å². The van der Waals surface area contributed by atoms with Crippen molar-refractivity contribution in [2.75, 3.05) is 13.2 Å². The second-order valence-electron chi connectivity index (χ2n) is 10.3. The number of benzene rings is 3. The van der Waals surface area contributed by atoms with E-state index in [-0.39, 0.29) is 17.3 Å². The third kappa shape index (κ3) is 6.84. The van der Waals surface area contributed by atoms with E-state index in [0.717, 1.165) is 35.3 Å². The lowest BCUT2D eigenvalue weighted by atomic mass is 10.00. The predicted octanol–water partition coefficient (Wildman–Crippen LogP) is 7.53. The van der Waals surface area contributed by atoms with Gasteiger partial charge >= 0.3 is 10.1 Å². The maximum absolute atomic E-state index is 13.2. The molecule has 3 aromatic rings. The highest BCUT2D eigenvalue weighted by Crippen LogP contribution is 2.40. The summed E-state index contributed by atoms with van der Waals surface area (Å²) in [5.74, 6) is 2.09. The van der Waals surface area contributed by atoms with Crippen molar-refractivity contribution in [1.29, 1.82) is 0 Å². The number of aryl methyl sites for hydroxylation is 2. The Morgan fingerprint density at radius 2 is 1.74 bits per heavy atom. The summed E-state index contributed by atoms with van der Waals surface area (Å²) in [4.78, 5) is 0.0690. The molecule has 39 heavy (non-hydrogen) atoms. The van der Waals surface area contributed by atoms with E-state index in [1.54, 1.807) is 30.3 Å². The van der Waals surface area contributed by atoms with E-state index < -0.39 is 15.7 Å². The topological polar surface area (TPSA) is 71.1 Å². The molecule has 7 heteroatoms. The van der Waals surface area contributed by atoms with Crippen molar-refractivity contribution < 1.29 is 26.8 Å². The number of hydrogen-bond donors (Lipinski definition) is 0. The van der Waals surface area contributed by atoms with Crippen LogP contribution in [0.2, 0.25) is 0 Å². The summed E-state index contributed by atoms with van der Waals surface area (Å²) in [6.45, 7) is 14.8. The Morgan fingerprint density at radius 1 is 1.00 bits per heavy atom. The van der Waals surface area contributed by atoms with Crippen LogP contribution < -0.4 is 18.4 Å². The molecular weight excluding hydrogens is 512 g/mol. The van der Waals surface area contributed by atoms with Crippen LogP contribution in [0, 0.1) is 13.8 Å². The van der Waals surface area contributed by atoms with Crippen molar-refractivity contribution in [2.45, 2.75) is 58.0 Å². The summed E-state index contributed by atoms with van der Waals surface area (Å²) in [5, 5.41) is 0. The smallest absolute Gasteiger partial charge is 0.339 e. The second-order valence-corrected chi connectivity index (χ2v) is 11.8. The largest absolute Gasteiger partial charge is 0.493 e. The Kier molecular flexibility index (Phi) is 8.40. The average Bonchev–Trinajstić information content (AvgIpc) is 2.88. The van der Waals surface area contributed by atoms with Crippen molar-refractivity contribution in [3.05, 3.63) is 89.5 Å². The molecule has 206 valence electrons. The molecule has 1 aliphatic rings. The highest BCUT2D eigenvalue weighted by Gasteiger charge is 2.25. The minimum Gasteiger partial charge on any atom is -0.493 e. The second kappa shape index (κ2) is 11.6. The Bertz CT molecular complexity index is 1480. The zero-order valence-electron chi connectivity index (χ0n) is 23.2. The quantitative estimate of drug-likeness (QED) is 0.182. The number of fused-ring (bicyclic) bond motifs is 1. The summed E-state index contributed by atoms with van der Waals surface area (Å²) in [6.07, 6.45) is 5.87. The average molecular weight is 549 g/mol. The van der Waals surface area contributed by atoms with Gasteiger partial charge in [0.1, 0.15) is 34.4 Å². The molecular formula is C32H36O6S. The lowest BCUT2D eigenvalue weighted by Crippen LogP contribution is -2.27. The van der Waals surface area contributed by atoms with Crippen LogP contribution in [0.15, 0.2) is 72.1 Å². The van der Waals surface area contributed by atoms with Crippen LogP contribution in [0.1, 0.15) is 55.9 Å². The van der Waals surface area contributed by atoms with Gasteiger partial charge in [0.25, 0.3) is 0 Å². The molecule has 1 heterocycles. The molecule has 0 saturated heterocycles. The lowest BCUT2D eigenvalue weighted by molar-refractivity contribution is 0.158. The first-order valence-corrected chi connectivity index (χ1v) is 14.5. The first kappa shape index (κ1) is 28.3. The van der Waals surface area contributed by atoms with Crippen molar-refractivity contribution >= 4 is 21.8 Å². The van der Waals surface area contributed by atoms with Crippen molar-refractivity contribution in [3.63, 3.8) is 0 Å². The Hall–Kier alpha value is -3.71. The van der Waals surface area contributed by atoms with Crippen LogP contribution in [0.3, 0.4) is 0 Å². The molecule has 0 amide bonds. The minimum atomic E-state index is -4.09. The molecule has 6 nitrogen and oxygen atoms in total. The fraction of sp³-hybridized carbons (Fsp3) is 0.312. The van der Waals surface area contributed by atoms with Crippen LogP contribution in [-0.2, 0) is 10.1 Å². The number of hydrogen-bond acceptors (Lipinski definition) is 6. The Labute approximate surface area is 232 Å². The van der Waals surface area contributed by atoms with Gasteiger partial charge in [0.15, 0.2) is 5.75 Å². The third-order valence-electron chi connectivity index (χ3n) is 6.38. The van der Waals surface area contributed by atoms with E-state index in [9.17, 15) is 8.42 Å². The molecule has 0 saturated carbocycles. The SMILES string of the molecule is C=C(COc1c(C)ccc2c1C=CC(C)(C)O2)c1ccc(OCCCC)cc1OS(=O)(=O)c1ccc(C)cc1. The van der Waals surface area contributed by atoms with Gasteiger partial charge in [-0.15, -0.1) is 0 Å². The van der Waals surface area contributed by atoms with E-state index in [1.165, 1.54) is 12.1 Å². The highest BCUT2D eigenvalue weighted by atomic mass is 32.2. The van der Waals surface area contributed by atoms with E-state index in [4.69, 9.17) is 18.4 Å². The molecule has 1 aliphatic heterocycles. The first-order valence-electron chi connectivity index (χ1n) is 13.1. The minimum absolute atomic E-state index is 0.0690. The predicted molar refractivity (Wildman–Crippen MR) is 155 cm³/mol. The molecule has 3 aromatic carbocycles. The molecule has 0 aliphatic carbocycles. The maximum Gasteiger partial charge on any atom is 0.339 e. The van der Waals surface area contributed by atoms with Gasteiger partial charge in [-0.05, 0) is 87.7 Å². The summed E-state index contributed by atoms with van der Waals surface area (Å²) < 4.78 is 50.1. The van der Waals surface area contributed by atoms with E-state index in [0.29, 0.717) is 29.2 Å². The summed E-state index contributed by atoms with van der Waals surface area (Å²) in [7, 11) is -4.09. The summed E-state index contributed by atoms with van der Waals surface area (Å²) in [6, 6.07) is 15.6. The zero-order chi connectivity index (χ0) is 28.2. The Balaban J connectivity index is 1.61. The van der Waals surface area contributed by atoms with Gasteiger partial charge in [-0.25, -0.2) is 0 Å². The van der Waals surface area contributed by atoms with Crippen LogP contribution in [0.5, 0.6) is 23.0 Å². The van der Waals surface area contributed by atoms with E-state index in [2.05, 4.69) is 13.5 Å². The van der Waals surface area contributed by atoms with Crippen LogP contribution >= 0.6 is 0 Å². The van der Waals surface area contributed by atoms with Gasteiger partial charge in [-0.1, -0.05) is 43.7 Å². The van der Waals surface area contributed by atoms with Gasteiger partial charge in [-0.2, -0.15) is 8.42 Å². The number of ether oxygens (including phenoxy) is 3. The molecule has 0 spiro atoms. The van der Waals surface area contributed by atoms with E-state index >= 15 is 0 Å². The van der Waals surface area contributed by atoms with Crippen LogP contribution in [-0.4, -0.2) is 27.2 Å². The molecule has 0 radical (unpaired) electrons. The van der Waals surface area contributed by atoms with Crippen molar-refractivity contribution in [3.8, 4) is 23.0 Å². The molecule has 0 unspecified atom stereocenters. The highest BCUT2D eigenvalue weighted by molar-refractivity contribution is 7.87. The normalized spacial score (nSPS) is 13.8.